The summed E-state index contributed by atoms with van der Waals surface area (Å²) in [5, 5.41) is 10.5. The zero-order chi connectivity index (χ0) is 11.6. The van der Waals surface area contributed by atoms with Crippen LogP contribution >= 0.6 is 0 Å². The predicted octanol–water partition coefficient (Wildman–Crippen LogP) is 2.90. The molecule has 2 heteroatoms. The maximum absolute atomic E-state index is 10.5. The molecule has 1 aromatic rings. The Morgan fingerprint density at radius 1 is 1.31 bits per heavy atom. The smallest absolute Gasteiger partial charge is 0.0899 e. The second-order valence-electron chi connectivity index (χ2n) is 4.82. The van der Waals surface area contributed by atoms with Crippen LogP contribution in [0.5, 0.6) is 0 Å². The minimum Gasteiger partial charge on any atom is -0.385 e. The van der Waals surface area contributed by atoms with Crippen LogP contribution in [-0.4, -0.2) is 12.2 Å². The summed E-state index contributed by atoms with van der Waals surface area (Å²) in [5.41, 5.74) is 2.88. The first kappa shape index (κ1) is 11.6. The van der Waals surface area contributed by atoms with E-state index in [-0.39, 0.29) is 0 Å². The molecule has 16 heavy (non-hydrogen) atoms. The quantitative estimate of drug-likeness (QED) is 0.848. The lowest BCUT2D eigenvalue weighted by molar-refractivity contribution is 0.0438. The molecule has 0 atom stereocenters. The first-order valence-electron chi connectivity index (χ1n) is 5.97. The van der Waals surface area contributed by atoms with E-state index in [1.165, 1.54) is 11.1 Å². The Bertz CT molecular complexity index is 365. The van der Waals surface area contributed by atoms with E-state index < -0.39 is 5.60 Å². The summed E-state index contributed by atoms with van der Waals surface area (Å²) in [4.78, 5) is 0. The van der Waals surface area contributed by atoms with E-state index in [4.69, 9.17) is 4.74 Å². The van der Waals surface area contributed by atoms with Crippen molar-refractivity contribution in [1.29, 1.82) is 0 Å². The summed E-state index contributed by atoms with van der Waals surface area (Å²) >= 11 is 0. The largest absolute Gasteiger partial charge is 0.385 e. The summed E-state index contributed by atoms with van der Waals surface area (Å²) in [7, 11) is 1.70. The van der Waals surface area contributed by atoms with Crippen LogP contribution in [0.4, 0.5) is 0 Å². The van der Waals surface area contributed by atoms with Crippen LogP contribution in [-0.2, 0) is 16.9 Å². The molecule has 1 N–H and O–H groups in total. The van der Waals surface area contributed by atoms with Crippen molar-refractivity contribution in [3.63, 3.8) is 0 Å². The average molecular weight is 220 g/mol. The fourth-order valence-electron chi connectivity index (χ4n) is 2.73. The number of aryl methyl sites for hydroxylation is 1. The van der Waals surface area contributed by atoms with Crippen LogP contribution in [0.3, 0.4) is 0 Å². The number of aliphatic hydroxyl groups is 1. The molecule has 0 amide bonds. The Morgan fingerprint density at radius 3 is 2.56 bits per heavy atom. The molecule has 0 heterocycles. The van der Waals surface area contributed by atoms with Crippen LogP contribution in [0.15, 0.2) is 18.2 Å². The van der Waals surface area contributed by atoms with Crippen molar-refractivity contribution >= 4 is 0 Å². The highest BCUT2D eigenvalue weighted by atomic mass is 16.5. The number of rotatable bonds is 3. The molecule has 1 saturated carbocycles. The van der Waals surface area contributed by atoms with Crippen molar-refractivity contribution in [3.05, 3.63) is 34.9 Å². The summed E-state index contributed by atoms with van der Waals surface area (Å²) in [6.07, 6.45) is 4.07. The Kier molecular flexibility index (Phi) is 3.31. The van der Waals surface area contributed by atoms with Crippen LogP contribution in [0, 0.1) is 6.92 Å². The Labute approximate surface area is 97.3 Å². The van der Waals surface area contributed by atoms with Gasteiger partial charge in [0.1, 0.15) is 0 Å². The van der Waals surface area contributed by atoms with Crippen LogP contribution in [0.25, 0.3) is 0 Å². The van der Waals surface area contributed by atoms with Gasteiger partial charge in [-0.2, -0.15) is 0 Å². The highest BCUT2D eigenvalue weighted by molar-refractivity contribution is 5.35. The molecule has 0 unspecified atom stereocenters. The second kappa shape index (κ2) is 4.56. The van der Waals surface area contributed by atoms with Gasteiger partial charge >= 0.3 is 0 Å². The molecule has 0 aliphatic heterocycles. The minimum absolute atomic E-state index is 0.574. The fraction of sp³-hybridized carbons (Fsp3) is 0.571. The Morgan fingerprint density at radius 2 is 2.00 bits per heavy atom. The normalized spacial score (nSPS) is 18.9. The van der Waals surface area contributed by atoms with E-state index in [0.717, 1.165) is 31.2 Å². The van der Waals surface area contributed by atoms with Gasteiger partial charge in [-0.05, 0) is 36.5 Å². The van der Waals surface area contributed by atoms with Gasteiger partial charge in [-0.25, -0.2) is 0 Å². The van der Waals surface area contributed by atoms with Gasteiger partial charge in [0.25, 0.3) is 0 Å². The highest BCUT2D eigenvalue weighted by Gasteiger charge is 2.33. The lowest BCUT2D eigenvalue weighted by Gasteiger charge is -2.25. The van der Waals surface area contributed by atoms with E-state index in [1.54, 1.807) is 7.11 Å². The van der Waals surface area contributed by atoms with Crippen LogP contribution < -0.4 is 0 Å². The van der Waals surface area contributed by atoms with Gasteiger partial charge in [0.05, 0.1) is 12.2 Å². The third-order valence-corrected chi connectivity index (χ3v) is 3.53. The fourth-order valence-corrected chi connectivity index (χ4v) is 2.73. The number of hydrogen-bond donors (Lipinski definition) is 1. The molecule has 1 fully saturated rings. The van der Waals surface area contributed by atoms with E-state index in [2.05, 4.69) is 25.1 Å². The molecule has 88 valence electrons. The monoisotopic (exact) mass is 220 g/mol. The van der Waals surface area contributed by atoms with Gasteiger partial charge in [0.2, 0.25) is 0 Å². The average Bonchev–Trinajstić information content (AvgIpc) is 2.66. The summed E-state index contributed by atoms with van der Waals surface area (Å²) in [5.74, 6) is 0. The van der Waals surface area contributed by atoms with Gasteiger partial charge in [-0.15, -0.1) is 0 Å². The molecule has 0 bridgehead atoms. The lowest BCUT2D eigenvalue weighted by Crippen LogP contribution is -2.22. The first-order chi connectivity index (χ1) is 7.65. The van der Waals surface area contributed by atoms with Crippen LogP contribution in [0.2, 0.25) is 0 Å². The van der Waals surface area contributed by atoms with Crippen molar-refractivity contribution in [1.82, 2.24) is 0 Å². The standard InChI is InChI=1S/C14H20O2/c1-11-9-12(10-16-2)5-6-13(11)14(15)7-3-4-8-14/h5-6,9,15H,3-4,7-8,10H2,1-2H3. The molecule has 1 aliphatic rings. The highest BCUT2D eigenvalue weighted by Crippen LogP contribution is 2.39. The number of hydrogen-bond acceptors (Lipinski definition) is 2. The van der Waals surface area contributed by atoms with Crippen LogP contribution in [0.1, 0.15) is 42.4 Å². The maximum Gasteiger partial charge on any atom is 0.0899 e. The molecule has 1 aromatic carbocycles. The molecule has 1 aliphatic carbocycles. The Hall–Kier alpha value is -0.860. The zero-order valence-electron chi connectivity index (χ0n) is 10.1. The molecule has 0 saturated heterocycles. The number of benzene rings is 1. The van der Waals surface area contributed by atoms with Gasteiger partial charge < -0.3 is 9.84 Å². The molecule has 2 rings (SSSR count). The molecular formula is C14H20O2. The SMILES string of the molecule is COCc1ccc(C2(O)CCCC2)c(C)c1. The summed E-state index contributed by atoms with van der Waals surface area (Å²) in [6, 6.07) is 6.24. The Balaban J connectivity index is 2.28. The van der Waals surface area contributed by atoms with E-state index in [9.17, 15) is 5.11 Å². The van der Waals surface area contributed by atoms with Gasteiger partial charge in [0.15, 0.2) is 0 Å². The van der Waals surface area contributed by atoms with Crippen molar-refractivity contribution in [2.24, 2.45) is 0 Å². The molecule has 0 aromatic heterocycles. The van der Waals surface area contributed by atoms with Crippen molar-refractivity contribution < 1.29 is 9.84 Å². The third kappa shape index (κ3) is 2.13. The summed E-state index contributed by atoms with van der Waals surface area (Å²) < 4.78 is 5.11. The van der Waals surface area contributed by atoms with Crippen molar-refractivity contribution in [2.45, 2.75) is 44.8 Å². The zero-order valence-corrected chi connectivity index (χ0v) is 10.1. The number of ether oxygens (including phenoxy) is 1. The minimum atomic E-state index is -0.574. The van der Waals surface area contributed by atoms with Crippen molar-refractivity contribution in [3.8, 4) is 0 Å². The van der Waals surface area contributed by atoms with E-state index >= 15 is 0 Å². The molecule has 0 radical (unpaired) electrons. The molecule has 0 spiro atoms. The van der Waals surface area contributed by atoms with Crippen molar-refractivity contribution in [2.75, 3.05) is 7.11 Å². The van der Waals surface area contributed by atoms with Gasteiger partial charge in [-0.3, -0.25) is 0 Å². The molecular weight excluding hydrogens is 200 g/mol. The summed E-state index contributed by atoms with van der Waals surface area (Å²) in [6.45, 7) is 2.71. The van der Waals surface area contributed by atoms with Gasteiger partial charge in [0, 0.05) is 7.11 Å². The topological polar surface area (TPSA) is 29.5 Å². The number of methoxy groups -OCH3 is 1. The second-order valence-corrected chi connectivity index (χ2v) is 4.82. The predicted molar refractivity (Wildman–Crippen MR) is 64.3 cm³/mol. The lowest BCUT2D eigenvalue weighted by atomic mass is 9.88. The maximum atomic E-state index is 10.5. The van der Waals surface area contributed by atoms with Gasteiger partial charge in [-0.1, -0.05) is 31.0 Å². The van der Waals surface area contributed by atoms with E-state index in [0.29, 0.717) is 6.61 Å². The van der Waals surface area contributed by atoms with E-state index in [1.807, 2.05) is 0 Å². The third-order valence-electron chi connectivity index (χ3n) is 3.53. The first-order valence-corrected chi connectivity index (χ1v) is 5.97. The molecule has 2 nitrogen and oxygen atoms in total.